The SMILES string of the molecule is CC(C)[C@H]1N(C(=O)n2cnc(C(F)(F)F)n2)C[C@@]12CN(c1nc(OC[C@@]34CCCN3C[C@H](F)C4)nc3c(F)c(-c4ccc(F)c5sc(N)c(C#N)c45)c(Cl)cc13)CCO2. The van der Waals surface area contributed by atoms with Gasteiger partial charge in [-0.25, -0.2) is 22.9 Å². The van der Waals surface area contributed by atoms with Crippen molar-refractivity contribution in [1.29, 1.82) is 5.26 Å². The topological polar surface area (TPSA) is 152 Å². The number of anilines is 2. The van der Waals surface area contributed by atoms with Gasteiger partial charge in [-0.2, -0.15) is 33.1 Å². The number of benzene rings is 2. The molecule has 4 saturated heterocycles. The molecular weight excluding hydrogens is 826 g/mol. The zero-order valence-corrected chi connectivity index (χ0v) is 33.1. The highest BCUT2D eigenvalue weighted by atomic mass is 35.5. The van der Waals surface area contributed by atoms with Crippen LogP contribution in [0.1, 0.15) is 44.5 Å². The number of carbonyl (C=O) groups excluding carboxylic acids is 1. The Morgan fingerprint density at radius 3 is 2.75 bits per heavy atom. The van der Waals surface area contributed by atoms with Crippen LogP contribution in [0.2, 0.25) is 5.02 Å². The minimum atomic E-state index is -4.84. The van der Waals surface area contributed by atoms with Crippen LogP contribution in [-0.4, -0.2) is 110 Å². The van der Waals surface area contributed by atoms with Gasteiger partial charge in [-0.1, -0.05) is 31.5 Å². The summed E-state index contributed by atoms with van der Waals surface area (Å²) in [5.41, 5.74) is 4.21. The van der Waals surface area contributed by atoms with Crippen molar-refractivity contribution < 1.29 is 40.6 Å². The molecule has 0 saturated carbocycles. The predicted octanol–water partition coefficient (Wildman–Crippen LogP) is 7.05. The number of ether oxygens (including phenoxy) is 2. The summed E-state index contributed by atoms with van der Waals surface area (Å²) in [7, 11) is 0. The van der Waals surface area contributed by atoms with E-state index in [4.69, 9.17) is 31.8 Å². The van der Waals surface area contributed by atoms with Gasteiger partial charge in [0.15, 0.2) is 5.82 Å². The number of nitriles is 1. The highest BCUT2D eigenvalue weighted by molar-refractivity contribution is 7.23. The summed E-state index contributed by atoms with van der Waals surface area (Å²) in [5.74, 6) is -3.02. The van der Waals surface area contributed by atoms with Crippen molar-refractivity contribution in [2.75, 3.05) is 56.6 Å². The summed E-state index contributed by atoms with van der Waals surface area (Å²) >= 11 is 7.77. The van der Waals surface area contributed by atoms with Crippen LogP contribution in [-0.2, 0) is 10.9 Å². The van der Waals surface area contributed by atoms with Crippen molar-refractivity contribution in [1.82, 2.24) is 34.5 Å². The number of rotatable bonds is 6. The molecule has 0 bridgehead atoms. The Hall–Kier alpha value is -4.97. The van der Waals surface area contributed by atoms with Crippen LogP contribution in [0.3, 0.4) is 0 Å². The Kier molecular flexibility index (Phi) is 9.41. The summed E-state index contributed by atoms with van der Waals surface area (Å²) in [5, 5.41) is 13.6. The lowest BCUT2D eigenvalue weighted by atomic mass is 9.75. The maximum atomic E-state index is 17.3. The van der Waals surface area contributed by atoms with E-state index >= 15 is 8.78 Å². The predicted molar refractivity (Wildman–Crippen MR) is 205 cm³/mol. The molecule has 2 aromatic carbocycles. The molecule has 0 unspecified atom stereocenters. The van der Waals surface area contributed by atoms with E-state index in [9.17, 15) is 27.6 Å². The first kappa shape index (κ1) is 39.5. The van der Waals surface area contributed by atoms with Crippen LogP contribution in [0.15, 0.2) is 24.5 Å². The third-order valence-corrected chi connectivity index (χ3v) is 13.2. The van der Waals surface area contributed by atoms with E-state index in [-0.39, 0.29) is 111 Å². The number of nitrogen functional groups attached to an aromatic ring is 1. The van der Waals surface area contributed by atoms with E-state index in [1.54, 1.807) is 0 Å². The standard InChI is InChI=1S/C38H35ClF6N10O3S/c1-18(2)30-37(15-54(30)35(56)55-17-48-33(51-55)38(43,44)45)14-52(8-9-58-37)32-21-10-23(39)26(20-4-5-24(41)29-25(20)22(12-46)31(47)59-29)27(42)28(21)49-34(50-32)57-16-36-6-3-7-53(36)13-19(40)11-36/h4-5,10,17-19,30H,3,6-9,11,13-16,47H2,1-2H3/t19-,30-,36+,37+/m1/s1. The monoisotopic (exact) mass is 860 g/mol. The summed E-state index contributed by atoms with van der Waals surface area (Å²) < 4.78 is 100. The fourth-order valence-electron chi connectivity index (χ4n) is 9.55. The number of alkyl halides is 4. The van der Waals surface area contributed by atoms with Crippen molar-refractivity contribution in [3.63, 3.8) is 0 Å². The lowest BCUT2D eigenvalue weighted by molar-refractivity contribution is -0.186. The molecule has 5 aromatic rings. The number of nitrogens with two attached hydrogens (primary N) is 1. The maximum absolute atomic E-state index is 17.3. The fraction of sp³-hybridized carbons (Fsp3) is 0.474. The lowest BCUT2D eigenvalue weighted by Gasteiger charge is -2.61. The van der Waals surface area contributed by atoms with E-state index in [1.807, 2.05) is 24.8 Å². The zero-order valence-electron chi connectivity index (χ0n) is 31.5. The van der Waals surface area contributed by atoms with Crippen LogP contribution in [0.25, 0.3) is 32.1 Å². The number of likely N-dealkylation sites (tertiary alicyclic amines) is 1. The largest absolute Gasteiger partial charge is 0.461 e. The van der Waals surface area contributed by atoms with Crippen LogP contribution in [0, 0.1) is 28.9 Å². The van der Waals surface area contributed by atoms with Gasteiger partial charge in [0.2, 0.25) is 0 Å². The van der Waals surface area contributed by atoms with Crippen LogP contribution in [0.4, 0.5) is 42.0 Å². The maximum Gasteiger partial charge on any atom is 0.453 e. The quantitative estimate of drug-likeness (QED) is 0.175. The molecule has 4 aliphatic rings. The van der Waals surface area contributed by atoms with E-state index in [2.05, 4.69) is 20.0 Å². The van der Waals surface area contributed by atoms with Crippen molar-refractivity contribution in [2.45, 2.75) is 62.6 Å². The number of hydrogen-bond donors (Lipinski definition) is 1. The Bertz CT molecular complexity index is 2580. The average molecular weight is 861 g/mol. The van der Waals surface area contributed by atoms with Crippen molar-refractivity contribution in [3.05, 3.63) is 52.6 Å². The highest BCUT2D eigenvalue weighted by Gasteiger charge is 2.59. The van der Waals surface area contributed by atoms with Crippen molar-refractivity contribution in [2.24, 2.45) is 5.92 Å². The fourth-order valence-corrected chi connectivity index (χ4v) is 10.8. The molecular formula is C38H35ClF6N10O3S. The molecule has 9 rings (SSSR count). The average Bonchev–Trinajstić information content (AvgIpc) is 3.96. The molecule has 1 amide bonds. The number of hydrogen-bond acceptors (Lipinski definition) is 12. The number of fused-ring (bicyclic) bond motifs is 3. The Labute approximate surface area is 341 Å². The molecule has 0 radical (unpaired) electrons. The Balaban J connectivity index is 1.13. The first-order valence-electron chi connectivity index (χ1n) is 18.9. The lowest BCUT2D eigenvalue weighted by Crippen LogP contribution is -2.79. The first-order valence-corrected chi connectivity index (χ1v) is 20.0. The number of carbonyl (C=O) groups is 1. The normalized spacial score (nSPS) is 24.7. The minimum Gasteiger partial charge on any atom is -0.461 e. The number of thiophene rings is 1. The van der Waals surface area contributed by atoms with Crippen LogP contribution >= 0.6 is 22.9 Å². The molecule has 3 aromatic heterocycles. The van der Waals surface area contributed by atoms with E-state index in [0.29, 0.717) is 17.6 Å². The number of amides is 1. The molecule has 1 spiro atoms. The van der Waals surface area contributed by atoms with Crippen molar-refractivity contribution in [3.8, 4) is 23.2 Å². The van der Waals surface area contributed by atoms with Gasteiger partial charge >= 0.3 is 18.2 Å². The van der Waals surface area contributed by atoms with Gasteiger partial charge in [0.1, 0.15) is 52.9 Å². The summed E-state index contributed by atoms with van der Waals surface area (Å²) in [6.45, 7) is 5.18. The number of nitrogens with zero attached hydrogens (tertiary/aromatic N) is 9. The molecule has 4 atom stereocenters. The second-order valence-electron chi connectivity index (χ2n) is 15.8. The Morgan fingerprint density at radius 1 is 1.22 bits per heavy atom. The zero-order chi connectivity index (χ0) is 41.8. The summed E-state index contributed by atoms with van der Waals surface area (Å²) in [4.78, 5) is 31.4. The highest BCUT2D eigenvalue weighted by Crippen LogP contribution is 2.48. The van der Waals surface area contributed by atoms with Crippen LogP contribution < -0.4 is 15.4 Å². The first-order chi connectivity index (χ1) is 28.0. The van der Waals surface area contributed by atoms with Gasteiger partial charge < -0.3 is 25.0 Å². The second-order valence-corrected chi connectivity index (χ2v) is 17.3. The second kappa shape index (κ2) is 14.1. The van der Waals surface area contributed by atoms with Gasteiger partial charge in [-0.3, -0.25) is 4.90 Å². The van der Waals surface area contributed by atoms with E-state index < -0.39 is 53.0 Å². The molecule has 13 nitrogen and oxygen atoms in total. The molecule has 21 heteroatoms. The third-order valence-electron chi connectivity index (χ3n) is 11.9. The molecule has 0 aliphatic carbocycles. The number of morpholine rings is 1. The van der Waals surface area contributed by atoms with E-state index in [0.717, 1.165) is 30.2 Å². The number of halogens is 7. The molecule has 2 N–H and O–H groups in total. The van der Waals surface area contributed by atoms with Crippen molar-refractivity contribution >= 4 is 60.8 Å². The van der Waals surface area contributed by atoms with Gasteiger partial charge in [0.25, 0.3) is 5.82 Å². The van der Waals surface area contributed by atoms with Gasteiger partial charge in [0, 0.05) is 35.8 Å². The minimum absolute atomic E-state index is 0.0215. The summed E-state index contributed by atoms with van der Waals surface area (Å²) in [6.07, 6.45) is -3.35. The molecule has 4 aliphatic heterocycles. The molecule has 4 fully saturated rings. The molecule has 59 heavy (non-hydrogen) atoms. The Morgan fingerprint density at radius 2 is 2.02 bits per heavy atom. The number of aromatic nitrogens is 5. The van der Waals surface area contributed by atoms with E-state index in [1.165, 1.54) is 17.0 Å². The van der Waals surface area contributed by atoms with Gasteiger partial charge in [0.05, 0.1) is 46.6 Å². The van der Waals surface area contributed by atoms with Gasteiger partial charge in [-0.15, -0.1) is 16.4 Å². The molecule has 7 heterocycles. The summed E-state index contributed by atoms with van der Waals surface area (Å²) in [6, 6.07) is 4.30. The van der Waals surface area contributed by atoms with Crippen LogP contribution in [0.5, 0.6) is 6.01 Å². The smallest absolute Gasteiger partial charge is 0.453 e. The third kappa shape index (κ3) is 6.30. The van der Waals surface area contributed by atoms with Gasteiger partial charge in [-0.05, 0) is 43.0 Å². The molecule has 310 valence electrons.